The van der Waals surface area contributed by atoms with Gasteiger partial charge >= 0.3 is 0 Å². The minimum Gasteiger partial charge on any atom is -0.330 e. The third-order valence-corrected chi connectivity index (χ3v) is 1.19. The van der Waals surface area contributed by atoms with E-state index >= 15 is 0 Å². The molecule has 1 nitrogen and oxygen atoms in total. The van der Waals surface area contributed by atoms with E-state index in [2.05, 4.69) is 6.07 Å². The van der Waals surface area contributed by atoms with Gasteiger partial charge in [0, 0.05) is 20.4 Å². The number of hydrogen-bond acceptors (Lipinski definition) is 1. The van der Waals surface area contributed by atoms with Crippen molar-refractivity contribution in [2.24, 2.45) is 5.73 Å². The third kappa shape index (κ3) is 3.12. The molecule has 57 valence electrons. The summed E-state index contributed by atoms with van der Waals surface area (Å²) < 4.78 is 0. The van der Waals surface area contributed by atoms with Crippen LogP contribution in [0.5, 0.6) is 0 Å². The molecular formula is C8H10NPd. The molecule has 0 aliphatic carbocycles. The summed E-state index contributed by atoms with van der Waals surface area (Å²) in [6, 6.07) is 11.0. The van der Waals surface area contributed by atoms with Crippen molar-refractivity contribution in [3.63, 3.8) is 0 Å². The standard InChI is InChI=1S/C8H10N.Pd/c9-7-6-8-4-2-1-3-5-8;/h1-4H,6-7,9H2;. The molecule has 0 fully saturated rings. The van der Waals surface area contributed by atoms with Crippen molar-refractivity contribution < 1.29 is 20.4 Å². The minimum absolute atomic E-state index is 0. The van der Waals surface area contributed by atoms with Crippen molar-refractivity contribution in [1.29, 1.82) is 0 Å². The van der Waals surface area contributed by atoms with E-state index in [1.165, 1.54) is 5.56 Å². The molecule has 0 amide bonds. The summed E-state index contributed by atoms with van der Waals surface area (Å²) >= 11 is 0. The van der Waals surface area contributed by atoms with Crippen LogP contribution in [0.4, 0.5) is 0 Å². The van der Waals surface area contributed by atoms with Crippen LogP contribution in [-0.4, -0.2) is 6.54 Å². The Labute approximate surface area is 75.3 Å². The fraction of sp³-hybridized carbons (Fsp3) is 0.250. The van der Waals surface area contributed by atoms with Crippen LogP contribution < -0.4 is 5.73 Å². The van der Waals surface area contributed by atoms with Gasteiger partial charge in [0.25, 0.3) is 0 Å². The molecule has 0 bridgehead atoms. The van der Waals surface area contributed by atoms with Crippen LogP contribution in [0.1, 0.15) is 5.56 Å². The predicted octanol–water partition coefficient (Wildman–Crippen LogP) is 0.985. The first kappa shape index (κ1) is 9.84. The topological polar surface area (TPSA) is 26.0 Å². The Balaban J connectivity index is 0.000000810. The first-order chi connectivity index (χ1) is 4.43. The van der Waals surface area contributed by atoms with Gasteiger partial charge in [-0.3, -0.25) is 0 Å². The molecule has 0 aromatic heterocycles. The van der Waals surface area contributed by atoms with Gasteiger partial charge in [0.1, 0.15) is 0 Å². The molecule has 0 unspecified atom stereocenters. The summed E-state index contributed by atoms with van der Waals surface area (Å²) in [5.74, 6) is 0. The number of benzene rings is 1. The van der Waals surface area contributed by atoms with Crippen molar-refractivity contribution in [3.8, 4) is 0 Å². The maximum Gasteiger partial charge on any atom is 0 e. The van der Waals surface area contributed by atoms with Crippen LogP contribution in [0.15, 0.2) is 24.3 Å². The quantitative estimate of drug-likeness (QED) is 0.748. The molecule has 1 aromatic carbocycles. The van der Waals surface area contributed by atoms with E-state index in [1.807, 2.05) is 24.3 Å². The smallest absolute Gasteiger partial charge is 0 e. The van der Waals surface area contributed by atoms with E-state index in [-0.39, 0.29) is 20.4 Å². The van der Waals surface area contributed by atoms with E-state index in [0.29, 0.717) is 6.54 Å². The molecular weight excluding hydrogens is 217 g/mol. The van der Waals surface area contributed by atoms with E-state index < -0.39 is 0 Å². The monoisotopic (exact) mass is 226 g/mol. The summed E-state index contributed by atoms with van der Waals surface area (Å²) in [7, 11) is 0. The molecule has 10 heavy (non-hydrogen) atoms. The van der Waals surface area contributed by atoms with Gasteiger partial charge in [-0.25, -0.2) is 0 Å². The molecule has 0 aliphatic rings. The average Bonchev–Trinajstić information content (AvgIpc) is 1.91. The van der Waals surface area contributed by atoms with Crippen LogP contribution in [0.2, 0.25) is 0 Å². The second-order valence-electron chi connectivity index (χ2n) is 1.93. The third-order valence-electron chi connectivity index (χ3n) is 1.19. The Morgan fingerprint density at radius 3 is 2.70 bits per heavy atom. The Morgan fingerprint density at radius 1 is 1.40 bits per heavy atom. The van der Waals surface area contributed by atoms with Crippen molar-refractivity contribution in [2.75, 3.05) is 6.54 Å². The normalized spacial score (nSPS) is 8.50. The van der Waals surface area contributed by atoms with Crippen molar-refractivity contribution in [1.82, 2.24) is 0 Å². The van der Waals surface area contributed by atoms with E-state index in [4.69, 9.17) is 5.73 Å². The van der Waals surface area contributed by atoms with Gasteiger partial charge in [0.2, 0.25) is 0 Å². The molecule has 0 aliphatic heterocycles. The zero-order valence-electron chi connectivity index (χ0n) is 5.62. The summed E-state index contributed by atoms with van der Waals surface area (Å²) in [5.41, 5.74) is 6.53. The van der Waals surface area contributed by atoms with Gasteiger partial charge in [-0.2, -0.15) is 0 Å². The largest absolute Gasteiger partial charge is 0.330 e. The Morgan fingerprint density at radius 2 is 2.20 bits per heavy atom. The fourth-order valence-corrected chi connectivity index (χ4v) is 0.742. The molecule has 0 saturated carbocycles. The molecule has 1 aromatic rings. The zero-order chi connectivity index (χ0) is 6.53. The summed E-state index contributed by atoms with van der Waals surface area (Å²) in [4.78, 5) is 0. The Kier molecular flexibility index (Phi) is 5.53. The van der Waals surface area contributed by atoms with E-state index in [1.54, 1.807) is 0 Å². The SMILES string of the molecule is NCCc1[c]cccc1.[Pd]. The van der Waals surface area contributed by atoms with Crippen LogP contribution in [-0.2, 0) is 26.8 Å². The molecule has 0 heterocycles. The van der Waals surface area contributed by atoms with Gasteiger partial charge in [0.05, 0.1) is 0 Å². The van der Waals surface area contributed by atoms with Crippen LogP contribution in [0, 0.1) is 6.07 Å². The summed E-state index contributed by atoms with van der Waals surface area (Å²) in [5, 5.41) is 0. The molecule has 1 radical (unpaired) electrons. The fourth-order valence-electron chi connectivity index (χ4n) is 0.742. The van der Waals surface area contributed by atoms with Crippen LogP contribution in [0.25, 0.3) is 0 Å². The first-order valence-electron chi connectivity index (χ1n) is 3.09. The summed E-state index contributed by atoms with van der Waals surface area (Å²) in [6.07, 6.45) is 0.931. The van der Waals surface area contributed by atoms with E-state index in [0.717, 1.165) is 6.42 Å². The van der Waals surface area contributed by atoms with Crippen LogP contribution >= 0.6 is 0 Å². The minimum atomic E-state index is 0. The molecule has 1 rings (SSSR count). The predicted molar refractivity (Wildman–Crippen MR) is 38.0 cm³/mol. The molecule has 0 spiro atoms. The van der Waals surface area contributed by atoms with Gasteiger partial charge in [-0.15, -0.1) is 0 Å². The van der Waals surface area contributed by atoms with Crippen molar-refractivity contribution in [2.45, 2.75) is 6.42 Å². The maximum absolute atomic E-state index is 5.34. The Hall–Kier alpha value is -0.158. The Bertz CT molecular complexity index is 162. The van der Waals surface area contributed by atoms with Crippen molar-refractivity contribution >= 4 is 0 Å². The molecule has 2 N–H and O–H groups in total. The van der Waals surface area contributed by atoms with Gasteiger partial charge in [-0.05, 0) is 24.6 Å². The first-order valence-corrected chi connectivity index (χ1v) is 3.09. The van der Waals surface area contributed by atoms with E-state index in [9.17, 15) is 0 Å². The molecule has 0 atom stereocenters. The van der Waals surface area contributed by atoms with Crippen LogP contribution in [0.3, 0.4) is 0 Å². The van der Waals surface area contributed by atoms with Gasteiger partial charge in [0.15, 0.2) is 0 Å². The molecule has 2 heteroatoms. The van der Waals surface area contributed by atoms with Crippen molar-refractivity contribution in [3.05, 3.63) is 35.9 Å². The second-order valence-corrected chi connectivity index (χ2v) is 1.93. The summed E-state index contributed by atoms with van der Waals surface area (Å²) in [6.45, 7) is 0.709. The average molecular weight is 227 g/mol. The van der Waals surface area contributed by atoms with Gasteiger partial charge in [-0.1, -0.05) is 24.3 Å². The second kappa shape index (κ2) is 5.61. The maximum atomic E-state index is 5.34. The van der Waals surface area contributed by atoms with Gasteiger partial charge < -0.3 is 5.73 Å². The zero-order valence-corrected chi connectivity index (χ0v) is 7.17. The number of nitrogens with two attached hydrogens (primary N) is 1. The number of rotatable bonds is 2. The molecule has 0 saturated heterocycles. The number of hydrogen-bond donors (Lipinski definition) is 1.